The average Bonchev–Trinajstić information content (AvgIpc) is 2.42. The highest BCUT2D eigenvalue weighted by atomic mass is 16.5. The van der Waals surface area contributed by atoms with Crippen LogP contribution in [0.25, 0.3) is 0 Å². The van der Waals surface area contributed by atoms with E-state index >= 15 is 0 Å². The van der Waals surface area contributed by atoms with E-state index in [1.807, 2.05) is 55.6 Å². The molecular formula is C15H17NO. The summed E-state index contributed by atoms with van der Waals surface area (Å²) in [5, 5.41) is 3.26. The summed E-state index contributed by atoms with van der Waals surface area (Å²) in [6, 6.07) is 20.4. The van der Waals surface area contributed by atoms with Crippen LogP contribution in [0, 0.1) is 0 Å². The second-order valence-corrected chi connectivity index (χ2v) is 3.88. The van der Waals surface area contributed by atoms with Crippen molar-refractivity contribution in [1.82, 2.24) is 5.32 Å². The third-order valence-electron chi connectivity index (χ3n) is 2.71. The molecule has 0 aliphatic carbocycles. The minimum Gasteiger partial charge on any atom is -0.492 e. The molecule has 0 spiro atoms. The van der Waals surface area contributed by atoms with E-state index < -0.39 is 0 Å². The second-order valence-electron chi connectivity index (χ2n) is 3.88. The van der Waals surface area contributed by atoms with E-state index in [-0.39, 0.29) is 6.04 Å². The lowest BCUT2D eigenvalue weighted by Gasteiger charge is -2.17. The molecule has 0 fully saturated rings. The topological polar surface area (TPSA) is 21.3 Å². The molecule has 2 rings (SSSR count). The molecule has 2 nitrogen and oxygen atoms in total. The van der Waals surface area contributed by atoms with Crippen molar-refractivity contribution in [2.24, 2.45) is 0 Å². The Kier molecular flexibility index (Phi) is 4.17. The molecule has 0 saturated heterocycles. The van der Waals surface area contributed by atoms with Gasteiger partial charge < -0.3 is 10.1 Å². The van der Waals surface area contributed by atoms with Gasteiger partial charge in [0.15, 0.2) is 0 Å². The summed E-state index contributed by atoms with van der Waals surface area (Å²) in [5.41, 5.74) is 1.24. The molecule has 0 radical (unpaired) electrons. The molecule has 0 aromatic heterocycles. The first-order chi connectivity index (χ1) is 8.40. The molecule has 1 atom stereocenters. The van der Waals surface area contributed by atoms with Crippen molar-refractivity contribution in [1.29, 1.82) is 0 Å². The van der Waals surface area contributed by atoms with Gasteiger partial charge in [0.1, 0.15) is 12.4 Å². The highest BCUT2D eigenvalue weighted by molar-refractivity contribution is 5.22. The molecule has 0 saturated carbocycles. The number of nitrogens with one attached hydrogen (secondary N) is 1. The third kappa shape index (κ3) is 3.33. The molecule has 1 N–H and O–H groups in total. The van der Waals surface area contributed by atoms with Gasteiger partial charge in [-0.25, -0.2) is 0 Å². The molecule has 1 unspecified atom stereocenters. The molecule has 0 bridgehead atoms. The largest absolute Gasteiger partial charge is 0.492 e. The van der Waals surface area contributed by atoms with Gasteiger partial charge in [0.2, 0.25) is 0 Å². The van der Waals surface area contributed by atoms with E-state index in [0.29, 0.717) is 6.61 Å². The minimum atomic E-state index is 0.219. The van der Waals surface area contributed by atoms with Crippen molar-refractivity contribution in [2.75, 3.05) is 13.7 Å². The van der Waals surface area contributed by atoms with Crippen molar-refractivity contribution < 1.29 is 4.74 Å². The van der Waals surface area contributed by atoms with Gasteiger partial charge in [0.05, 0.1) is 6.04 Å². The van der Waals surface area contributed by atoms with Crippen LogP contribution in [-0.4, -0.2) is 13.7 Å². The van der Waals surface area contributed by atoms with E-state index in [9.17, 15) is 0 Å². The van der Waals surface area contributed by atoms with Crippen LogP contribution in [0.5, 0.6) is 5.75 Å². The Morgan fingerprint density at radius 2 is 1.53 bits per heavy atom. The summed E-state index contributed by atoms with van der Waals surface area (Å²) in [7, 11) is 1.95. The summed E-state index contributed by atoms with van der Waals surface area (Å²) in [6.45, 7) is 0.629. The van der Waals surface area contributed by atoms with Crippen LogP contribution in [0.2, 0.25) is 0 Å². The van der Waals surface area contributed by atoms with Gasteiger partial charge in [0.25, 0.3) is 0 Å². The fourth-order valence-electron chi connectivity index (χ4n) is 1.73. The molecule has 2 aromatic rings. The summed E-state index contributed by atoms with van der Waals surface area (Å²) in [5.74, 6) is 0.906. The molecule has 2 heteroatoms. The summed E-state index contributed by atoms with van der Waals surface area (Å²) in [4.78, 5) is 0. The fraction of sp³-hybridized carbons (Fsp3) is 0.200. The van der Waals surface area contributed by atoms with Gasteiger partial charge in [-0.3, -0.25) is 0 Å². The van der Waals surface area contributed by atoms with Gasteiger partial charge in [-0.05, 0) is 24.7 Å². The number of ether oxygens (including phenoxy) is 1. The van der Waals surface area contributed by atoms with Crippen LogP contribution < -0.4 is 10.1 Å². The number of rotatable bonds is 5. The van der Waals surface area contributed by atoms with Crippen LogP contribution in [0.4, 0.5) is 0 Å². The van der Waals surface area contributed by atoms with Crippen molar-refractivity contribution in [2.45, 2.75) is 6.04 Å². The number of para-hydroxylation sites is 1. The molecule has 0 aliphatic heterocycles. The monoisotopic (exact) mass is 227 g/mol. The van der Waals surface area contributed by atoms with Crippen LogP contribution in [-0.2, 0) is 0 Å². The highest BCUT2D eigenvalue weighted by Crippen LogP contribution is 2.15. The SMILES string of the molecule is CNC(COc1ccccc1)c1ccccc1. The lowest BCUT2D eigenvalue weighted by molar-refractivity contribution is 0.273. The Labute approximate surface area is 102 Å². The summed E-state index contributed by atoms with van der Waals surface area (Å²) in [6.07, 6.45) is 0. The average molecular weight is 227 g/mol. The summed E-state index contributed by atoms with van der Waals surface area (Å²) >= 11 is 0. The first-order valence-electron chi connectivity index (χ1n) is 5.80. The first kappa shape index (κ1) is 11.7. The van der Waals surface area contributed by atoms with Crippen LogP contribution in [0.15, 0.2) is 60.7 Å². The Hall–Kier alpha value is -1.80. The van der Waals surface area contributed by atoms with Crippen molar-refractivity contribution in [3.63, 3.8) is 0 Å². The second kappa shape index (κ2) is 6.06. The Bertz CT molecular complexity index is 427. The zero-order valence-corrected chi connectivity index (χ0v) is 9.97. The maximum Gasteiger partial charge on any atom is 0.119 e. The molecule has 17 heavy (non-hydrogen) atoms. The van der Waals surface area contributed by atoms with E-state index in [2.05, 4.69) is 17.4 Å². The molecule has 0 amide bonds. The predicted octanol–water partition coefficient (Wildman–Crippen LogP) is 3.03. The smallest absolute Gasteiger partial charge is 0.119 e. The fourth-order valence-corrected chi connectivity index (χ4v) is 1.73. The lowest BCUT2D eigenvalue weighted by atomic mass is 10.1. The van der Waals surface area contributed by atoms with E-state index in [1.165, 1.54) is 5.56 Å². The number of likely N-dealkylation sites (N-methyl/N-ethyl adjacent to an activating group) is 1. The highest BCUT2D eigenvalue weighted by Gasteiger charge is 2.08. The van der Waals surface area contributed by atoms with Gasteiger partial charge >= 0.3 is 0 Å². The zero-order valence-electron chi connectivity index (χ0n) is 9.97. The quantitative estimate of drug-likeness (QED) is 0.847. The standard InChI is InChI=1S/C15H17NO/c1-16-15(13-8-4-2-5-9-13)12-17-14-10-6-3-7-11-14/h2-11,15-16H,12H2,1H3. The van der Waals surface area contributed by atoms with Crippen molar-refractivity contribution >= 4 is 0 Å². The molecule has 2 aromatic carbocycles. The van der Waals surface area contributed by atoms with Crippen LogP contribution >= 0.6 is 0 Å². The Morgan fingerprint density at radius 3 is 2.12 bits per heavy atom. The van der Waals surface area contributed by atoms with E-state index in [4.69, 9.17) is 4.74 Å². The van der Waals surface area contributed by atoms with Crippen molar-refractivity contribution in [3.8, 4) is 5.75 Å². The zero-order chi connectivity index (χ0) is 11.9. The van der Waals surface area contributed by atoms with Gasteiger partial charge in [-0.15, -0.1) is 0 Å². The molecule has 0 heterocycles. The number of hydrogen-bond donors (Lipinski definition) is 1. The van der Waals surface area contributed by atoms with E-state index in [0.717, 1.165) is 5.75 Å². The van der Waals surface area contributed by atoms with Crippen LogP contribution in [0.1, 0.15) is 11.6 Å². The Morgan fingerprint density at radius 1 is 0.941 bits per heavy atom. The van der Waals surface area contributed by atoms with E-state index in [1.54, 1.807) is 0 Å². The molecule has 88 valence electrons. The maximum atomic E-state index is 5.75. The number of hydrogen-bond acceptors (Lipinski definition) is 2. The van der Waals surface area contributed by atoms with Crippen molar-refractivity contribution in [3.05, 3.63) is 66.2 Å². The first-order valence-corrected chi connectivity index (χ1v) is 5.80. The van der Waals surface area contributed by atoms with Gasteiger partial charge in [0, 0.05) is 0 Å². The van der Waals surface area contributed by atoms with Gasteiger partial charge in [-0.1, -0.05) is 48.5 Å². The predicted molar refractivity (Wildman–Crippen MR) is 70.2 cm³/mol. The van der Waals surface area contributed by atoms with Gasteiger partial charge in [-0.2, -0.15) is 0 Å². The number of benzene rings is 2. The minimum absolute atomic E-state index is 0.219. The molecular weight excluding hydrogens is 210 g/mol. The summed E-state index contributed by atoms with van der Waals surface area (Å²) < 4.78 is 5.75. The lowest BCUT2D eigenvalue weighted by Crippen LogP contribution is -2.23. The Balaban J connectivity index is 1.97. The maximum absolute atomic E-state index is 5.75. The third-order valence-corrected chi connectivity index (χ3v) is 2.71. The van der Waals surface area contributed by atoms with Crippen LogP contribution in [0.3, 0.4) is 0 Å². The molecule has 0 aliphatic rings. The normalized spacial score (nSPS) is 12.1.